The highest BCUT2D eigenvalue weighted by Gasteiger charge is 2.33. The van der Waals surface area contributed by atoms with Gasteiger partial charge >= 0.3 is 0 Å². The van der Waals surface area contributed by atoms with Gasteiger partial charge in [-0.05, 0) is 43.5 Å². The van der Waals surface area contributed by atoms with E-state index in [9.17, 15) is 8.42 Å². The molecular formula is C14H18N4O2S. The molecular weight excluding hydrogens is 288 g/mol. The van der Waals surface area contributed by atoms with Crippen molar-refractivity contribution >= 4 is 10.0 Å². The molecule has 21 heavy (non-hydrogen) atoms. The van der Waals surface area contributed by atoms with Crippen LogP contribution in [0.5, 0.6) is 0 Å². The Balaban J connectivity index is 1.84. The van der Waals surface area contributed by atoms with Gasteiger partial charge in [-0.1, -0.05) is 11.3 Å². The third-order valence-corrected chi connectivity index (χ3v) is 5.92. The molecule has 3 rings (SSSR count). The Kier molecular flexibility index (Phi) is 3.54. The van der Waals surface area contributed by atoms with Crippen molar-refractivity contribution in [3.63, 3.8) is 0 Å². The highest BCUT2D eigenvalue weighted by Crippen LogP contribution is 2.27. The van der Waals surface area contributed by atoms with Crippen molar-refractivity contribution in [2.45, 2.75) is 31.2 Å². The van der Waals surface area contributed by atoms with Crippen LogP contribution in [-0.2, 0) is 10.0 Å². The van der Waals surface area contributed by atoms with Crippen LogP contribution in [0.25, 0.3) is 0 Å². The predicted molar refractivity (Wildman–Crippen MR) is 78.4 cm³/mol. The Labute approximate surface area is 124 Å². The van der Waals surface area contributed by atoms with Crippen LogP contribution >= 0.6 is 0 Å². The fourth-order valence-corrected chi connectivity index (χ4v) is 4.16. The summed E-state index contributed by atoms with van der Waals surface area (Å²) in [7, 11) is -3.43. The Bertz CT molecular complexity index is 740. The number of aromatic nitrogens is 3. The fourth-order valence-electron chi connectivity index (χ4n) is 2.58. The topological polar surface area (TPSA) is 68.1 Å². The van der Waals surface area contributed by atoms with E-state index in [4.69, 9.17) is 0 Å². The third kappa shape index (κ3) is 2.58. The molecule has 1 fully saturated rings. The molecule has 0 amide bonds. The molecule has 1 atom stereocenters. The van der Waals surface area contributed by atoms with Gasteiger partial charge in [0, 0.05) is 19.3 Å². The highest BCUT2D eigenvalue weighted by molar-refractivity contribution is 7.89. The van der Waals surface area contributed by atoms with E-state index in [1.165, 1.54) is 4.31 Å². The second kappa shape index (κ2) is 5.23. The lowest BCUT2D eigenvalue weighted by molar-refractivity contribution is 0.428. The molecule has 1 saturated heterocycles. The summed E-state index contributed by atoms with van der Waals surface area (Å²) >= 11 is 0. The number of benzene rings is 1. The van der Waals surface area contributed by atoms with Gasteiger partial charge in [0.15, 0.2) is 0 Å². The molecule has 1 unspecified atom stereocenters. The summed E-state index contributed by atoms with van der Waals surface area (Å²) < 4.78 is 28.7. The Morgan fingerprint density at radius 1 is 1.24 bits per heavy atom. The maximum Gasteiger partial charge on any atom is 0.243 e. The zero-order chi connectivity index (χ0) is 15.0. The van der Waals surface area contributed by atoms with E-state index in [1.54, 1.807) is 29.2 Å². The van der Waals surface area contributed by atoms with Crippen molar-refractivity contribution in [2.24, 2.45) is 0 Å². The maximum atomic E-state index is 12.7. The molecule has 0 aliphatic carbocycles. The monoisotopic (exact) mass is 306 g/mol. The minimum absolute atomic E-state index is 0.0637. The Morgan fingerprint density at radius 3 is 2.71 bits per heavy atom. The molecule has 0 saturated carbocycles. The summed E-state index contributed by atoms with van der Waals surface area (Å²) in [4.78, 5) is 0.366. The smallest absolute Gasteiger partial charge is 0.243 e. The van der Waals surface area contributed by atoms with Crippen molar-refractivity contribution in [2.75, 3.05) is 13.1 Å². The van der Waals surface area contributed by atoms with E-state index in [-0.39, 0.29) is 6.04 Å². The Morgan fingerprint density at radius 2 is 2.05 bits per heavy atom. The summed E-state index contributed by atoms with van der Waals surface area (Å²) in [5.41, 5.74) is 2.08. The molecule has 0 spiro atoms. The average molecular weight is 306 g/mol. The van der Waals surface area contributed by atoms with Crippen LogP contribution in [0.2, 0.25) is 0 Å². The number of rotatable bonds is 3. The van der Waals surface area contributed by atoms with Crippen molar-refractivity contribution in [3.05, 3.63) is 41.7 Å². The fraction of sp³-hybridized carbons (Fsp3) is 0.429. The van der Waals surface area contributed by atoms with Crippen LogP contribution < -0.4 is 0 Å². The lowest BCUT2D eigenvalue weighted by atomic mass is 10.1. The van der Waals surface area contributed by atoms with Crippen molar-refractivity contribution in [3.8, 4) is 0 Å². The summed E-state index contributed by atoms with van der Waals surface area (Å²) in [6.45, 7) is 4.86. The van der Waals surface area contributed by atoms with Gasteiger partial charge in [-0.2, -0.15) is 4.31 Å². The number of hydrogen-bond acceptors (Lipinski definition) is 4. The average Bonchev–Trinajstić information content (AvgIpc) is 3.11. The van der Waals surface area contributed by atoms with Crippen molar-refractivity contribution in [1.29, 1.82) is 0 Å². The predicted octanol–water partition coefficient (Wildman–Crippen LogP) is 1.53. The van der Waals surface area contributed by atoms with Gasteiger partial charge < -0.3 is 0 Å². The summed E-state index contributed by atoms with van der Waals surface area (Å²) in [6.07, 6.45) is 4.14. The second-order valence-electron chi connectivity index (χ2n) is 5.43. The molecule has 1 aromatic heterocycles. The van der Waals surface area contributed by atoms with Gasteiger partial charge in [0.2, 0.25) is 10.0 Å². The van der Waals surface area contributed by atoms with Gasteiger partial charge in [-0.3, -0.25) is 0 Å². The highest BCUT2D eigenvalue weighted by atomic mass is 32.2. The first-order valence-corrected chi connectivity index (χ1v) is 8.36. The first-order valence-electron chi connectivity index (χ1n) is 6.91. The van der Waals surface area contributed by atoms with Crippen LogP contribution in [0.3, 0.4) is 0 Å². The van der Waals surface area contributed by atoms with Gasteiger partial charge in [0.05, 0.1) is 17.1 Å². The van der Waals surface area contributed by atoms with Crippen LogP contribution in [-0.4, -0.2) is 40.8 Å². The van der Waals surface area contributed by atoms with Crippen LogP contribution in [0.4, 0.5) is 0 Å². The first kappa shape index (κ1) is 14.2. The van der Waals surface area contributed by atoms with E-state index in [1.807, 2.05) is 19.9 Å². The summed E-state index contributed by atoms with van der Waals surface area (Å²) in [5.74, 6) is 0. The van der Waals surface area contributed by atoms with Crippen LogP contribution in [0, 0.1) is 13.8 Å². The Hall–Kier alpha value is -1.73. The molecule has 0 N–H and O–H groups in total. The molecule has 0 bridgehead atoms. The van der Waals surface area contributed by atoms with Gasteiger partial charge in [-0.15, -0.1) is 5.10 Å². The van der Waals surface area contributed by atoms with Gasteiger partial charge in [0.1, 0.15) is 0 Å². The van der Waals surface area contributed by atoms with E-state index in [2.05, 4.69) is 10.3 Å². The van der Waals surface area contributed by atoms with Crippen molar-refractivity contribution in [1.82, 2.24) is 19.3 Å². The van der Waals surface area contributed by atoms with E-state index < -0.39 is 10.0 Å². The van der Waals surface area contributed by atoms with Crippen molar-refractivity contribution < 1.29 is 8.42 Å². The van der Waals surface area contributed by atoms with E-state index in [0.717, 1.165) is 17.5 Å². The normalized spacial score (nSPS) is 20.0. The molecule has 112 valence electrons. The molecule has 1 aromatic carbocycles. The van der Waals surface area contributed by atoms with E-state index >= 15 is 0 Å². The first-order chi connectivity index (χ1) is 9.98. The molecule has 7 heteroatoms. The number of aryl methyl sites for hydroxylation is 2. The SMILES string of the molecule is Cc1ccc(S(=O)(=O)N2CCC(n3ccnn3)C2)cc1C. The third-order valence-electron chi connectivity index (χ3n) is 4.06. The standard InChI is InChI=1S/C14H18N4O2S/c1-11-3-4-14(9-12(11)2)21(19,20)17-7-5-13(10-17)18-8-6-15-16-18/h3-4,6,8-9,13H,5,7,10H2,1-2H3. The molecule has 2 heterocycles. The lowest BCUT2D eigenvalue weighted by Crippen LogP contribution is -2.29. The molecule has 1 aliphatic rings. The summed E-state index contributed by atoms with van der Waals surface area (Å²) in [6, 6.07) is 5.34. The van der Waals surface area contributed by atoms with Gasteiger partial charge in [-0.25, -0.2) is 13.1 Å². The van der Waals surface area contributed by atoms with Gasteiger partial charge in [0.25, 0.3) is 0 Å². The second-order valence-corrected chi connectivity index (χ2v) is 7.37. The quantitative estimate of drug-likeness (QED) is 0.862. The number of hydrogen-bond donors (Lipinski definition) is 0. The van der Waals surface area contributed by atoms with E-state index in [0.29, 0.717) is 18.0 Å². The van der Waals surface area contributed by atoms with Crippen LogP contribution in [0.1, 0.15) is 23.6 Å². The zero-order valence-electron chi connectivity index (χ0n) is 12.1. The number of nitrogens with zero attached hydrogens (tertiary/aromatic N) is 4. The molecule has 1 aliphatic heterocycles. The minimum atomic E-state index is -3.43. The molecule has 0 radical (unpaired) electrons. The molecule has 6 nitrogen and oxygen atoms in total. The van der Waals surface area contributed by atoms with Crippen LogP contribution in [0.15, 0.2) is 35.5 Å². The largest absolute Gasteiger partial charge is 0.248 e. The molecule has 2 aromatic rings. The zero-order valence-corrected chi connectivity index (χ0v) is 12.9. The lowest BCUT2D eigenvalue weighted by Gasteiger charge is -2.17. The number of sulfonamides is 1. The summed E-state index contributed by atoms with van der Waals surface area (Å²) in [5, 5.41) is 7.74. The maximum absolute atomic E-state index is 12.7. The minimum Gasteiger partial charge on any atom is -0.248 e.